The Morgan fingerprint density at radius 2 is 1.79 bits per heavy atom. The number of piperidine rings is 1. The van der Waals surface area contributed by atoms with Gasteiger partial charge in [-0.3, -0.25) is 0 Å². The molecule has 0 saturated carbocycles. The standard InChI is InChI=1S/C22H23ClN2O3/c1-15(2)16-3-6-18(7-4-16)28-22(26)25-11-9-19(10-12-25)27-20-8-5-17(14-24)21(23)13-20/h3-8,13,15,19H,9-12H2,1-2H3. The van der Waals surface area contributed by atoms with Crippen LogP contribution in [0.25, 0.3) is 0 Å². The van der Waals surface area contributed by atoms with Gasteiger partial charge in [0.15, 0.2) is 0 Å². The van der Waals surface area contributed by atoms with Crippen molar-refractivity contribution in [1.82, 2.24) is 4.90 Å². The van der Waals surface area contributed by atoms with E-state index in [1.807, 2.05) is 30.3 Å². The lowest BCUT2D eigenvalue weighted by Crippen LogP contribution is -2.43. The number of benzene rings is 2. The van der Waals surface area contributed by atoms with Gasteiger partial charge in [0.25, 0.3) is 0 Å². The molecule has 0 N–H and O–H groups in total. The lowest BCUT2D eigenvalue weighted by atomic mass is 10.0. The highest BCUT2D eigenvalue weighted by molar-refractivity contribution is 6.31. The van der Waals surface area contributed by atoms with E-state index >= 15 is 0 Å². The molecule has 1 fully saturated rings. The van der Waals surface area contributed by atoms with Gasteiger partial charge in [-0.25, -0.2) is 4.79 Å². The number of nitriles is 1. The number of carbonyl (C=O) groups is 1. The first-order valence-electron chi connectivity index (χ1n) is 9.39. The molecule has 0 radical (unpaired) electrons. The minimum absolute atomic E-state index is 0.00150. The Bertz CT molecular complexity index is 866. The summed E-state index contributed by atoms with van der Waals surface area (Å²) in [7, 11) is 0. The van der Waals surface area contributed by atoms with Crippen LogP contribution in [0.1, 0.15) is 43.7 Å². The highest BCUT2D eigenvalue weighted by Crippen LogP contribution is 2.25. The van der Waals surface area contributed by atoms with E-state index in [1.54, 1.807) is 23.1 Å². The van der Waals surface area contributed by atoms with E-state index in [9.17, 15) is 4.79 Å². The van der Waals surface area contributed by atoms with Crippen molar-refractivity contribution in [2.75, 3.05) is 13.1 Å². The van der Waals surface area contributed by atoms with Crippen molar-refractivity contribution in [3.05, 3.63) is 58.6 Å². The van der Waals surface area contributed by atoms with Gasteiger partial charge < -0.3 is 14.4 Å². The van der Waals surface area contributed by atoms with E-state index < -0.39 is 0 Å². The van der Waals surface area contributed by atoms with Crippen LogP contribution in [0, 0.1) is 11.3 Å². The number of likely N-dealkylation sites (tertiary alicyclic amines) is 1. The number of carbonyl (C=O) groups excluding carboxylic acids is 1. The second kappa shape index (κ2) is 8.99. The van der Waals surface area contributed by atoms with Gasteiger partial charge in [-0.2, -0.15) is 5.26 Å². The summed E-state index contributed by atoms with van der Waals surface area (Å²) in [6.45, 7) is 5.38. The Balaban J connectivity index is 1.50. The monoisotopic (exact) mass is 398 g/mol. The number of amides is 1. The molecule has 146 valence electrons. The van der Waals surface area contributed by atoms with Gasteiger partial charge in [0.05, 0.1) is 10.6 Å². The summed E-state index contributed by atoms with van der Waals surface area (Å²) in [6.07, 6.45) is 1.08. The van der Waals surface area contributed by atoms with E-state index in [0.717, 1.165) is 0 Å². The van der Waals surface area contributed by atoms with Crippen LogP contribution in [0.2, 0.25) is 5.02 Å². The minimum atomic E-state index is -0.336. The second-order valence-electron chi connectivity index (χ2n) is 7.15. The first-order valence-corrected chi connectivity index (χ1v) is 9.77. The van der Waals surface area contributed by atoms with E-state index in [0.29, 0.717) is 53.9 Å². The summed E-state index contributed by atoms with van der Waals surface area (Å²) in [5.74, 6) is 1.63. The SMILES string of the molecule is CC(C)c1ccc(OC(=O)N2CCC(Oc3ccc(C#N)c(Cl)c3)CC2)cc1. The summed E-state index contributed by atoms with van der Waals surface area (Å²) in [5.41, 5.74) is 1.63. The maximum absolute atomic E-state index is 12.4. The summed E-state index contributed by atoms with van der Waals surface area (Å²) < 4.78 is 11.4. The van der Waals surface area contributed by atoms with Crippen LogP contribution in [0.3, 0.4) is 0 Å². The van der Waals surface area contributed by atoms with Gasteiger partial charge in [0.2, 0.25) is 0 Å². The van der Waals surface area contributed by atoms with Gasteiger partial charge in [0.1, 0.15) is 23.7 Å². The van der Waals surface area contributed by atoms with Crippen molar-refractivity contribution < 1.29 is 14.3 Å². The molecule has 0 unspecified atom stereocenters. The summed E-state index contributed by atoms with van der Waals surface area (Å²) in [6, 6.07) is 14.7. The van der Waals surface area contributed by atoms with Crippen LogP contribution in [0.5, 0.6) is 11.5 Å². The second-order valence-corrected chi connectivity index (χ2v) is 7.56. The molecule has 1 heterocycles. The predicted molar refractivity (Wildman–Crippen MR) is 108 cm³/mol. The Kier molecular flexibility index (Phi) is 6.43. The molecular weight excluding hydrogens is 376 g/mol. The normalized spacial score (nSPS) is 14.6. The molecule has 6 heteroatoms. The molecule has 3 rings (SSSR count). The van der Waals surface area contributed by atoms with Crippen LogP contribution < -0.4 is 9.47 Å². The van der Waals surface area contributed by atoms with Gasteiger partial charge in [-0.1, -0.05) is 37.6 Å². The molecular formula is C22H23ClN2O3. The van der Waals surface area contributed by atoms with Crippen LogP contribution in [-0.4, -0.2) is 30.2 Å². The summed E-state index contributed by atoms with van der Waals surface area (Å²) in [4.78, 5) is 14.1. The minimum Gasteiger partial charge on any atom is -0.490 e. The largest absolute Gasteiger partial charge is 0.490 e. The van der Waals surface area contributed by atoms with E-state index in [-0.39, 0.29) is 12.2 Å². The molecule has 0 spiro atoms. The summed E-state index contributed by atoms with van der Waals surface area (Å²) >= 11 is 6.04. The zero-order valence-electron chi connectivity index (χ0n) is 16.0. The molecule has 1 amide bonds. The smallest absolute Gasteiger partial charge is 0.415 e. The average molecular weight is 399 g/mol. The molecule has 0 aliphatic carbocycles. The Hall–Kier alpha value is -2.71. The number of halogens is 1. The van der Waals surface area contributed by atoms with Crippen molar-refractivity contribution in [1.29, 1.82) is 5.26 Å². The predicted octanol–water partition coefficient (Wildman–Crippen LogP) is 5.38. The fourth-order valence-corrected chi connectivity index (χ4v) is 3.31. The number of rotatable bonds is 4. The number of ether oxygens (including phenoxy) is 2. The summed E-state index contributed by atoms with van der Waals surface area (Å²) in [5, 5.41) is 9.31. The molecule has 0 aromatic heterocycles. The van der Waals surface area contributed by atoms with Crippen LogP contribution in [-0.2, 0) is 0 Å². The van der Waals surface area contributed by atoms with E-state index in [4.69, 9.17) is 26.3 Å². The molecule has 0 bridgehead atoms. The van der Waals surface area contributed by atoms with Crippen LogP contribution in [0.4, 0.5) is 4.79 Å². The fraction of sp³-hybridized carbons (Fsp3) is 0.364. The fourth-order valence-electron chi connectivity index (χ4n) is 3.09. The average Bonchev–Trinajstić information content (AvgIpc) is 2.69. The number of hydrogen-bond acceptors (Lipinski definition) is 4. The molecule has 5 nitrogen and oxygen atoms in total. The topological polar surface area (TPSA) is 62.6 Å². The number of nitrogens with zero attached hydrogens (tertiary/aromatic N) is 2. The first kappa shape index (κ1) is 20.0. The maximum atomic E-state index is 12.4. The van der Waals surface area contributed by atoms with Crippen molar-refractivity contribution in [2.45, 2.75) is 38.7 Å². The van der Waals surface area contributed by atoms with Crippen molar-refractivity contribution in [3.8, 4) is 17.6 Å². The third-order valence-electron chi connectivity index (χ3n) is 4.82. The van der Waals surface area contributed by atoms with Crippen molar-refractivity contribution >= 4 is 17.7 Å². The lowest BCUT2D eigenvalue weighted by molar-refractivity contribution is 0.0930. The molecule has 28 heavy (non-hydrogen) atoms. The lowest BCUT2D eigenvalue weighted by Gasteiger charge is -2.31. The highest BCUT2D eigenvalue weighted by Gasteiger charge is 2.25. The van der Waals surface area contributed by atoms with E-state index in [2.05, 4.69) is 13.8 Å². The maximum Gasteiger partial charge on any atom is 0.415 e. The third kappa shape index (κ3) is 4.96. The van der Waals surface area contributed by atoms with Crippen LogP contribution >= 0.6 is 11.6 Å². The Labute approximate surface area is 170 Å². The van der Waals surface area contributed by atoms with Gasteiger partial charge in [-0.05, 0) is 35.7 Å². The number of hydrogen-bond donors (Lipinski definition) is 0. The van der Waals surface area contributed by atoms with Crippen LogP contribution in [0.15, 0.2) is 42.5 Å². The van der Waals surface area contributed by atoms with Crippen molar-refractivity contribution in [3.63, 3.8) is 0 Å². The highest BCUT2D eigenvalue weighted by atomic mass is 35.5. The van der Waals surface area contributed by atoms with E-state index in [1.165, 1.54) is 5.56 Å². The quantitative estimate of drug-likeness (QED) is 0.693. The van der Waals surface area contributed by atoms with Gasteiger partial charge >= 0.3 is 6.09 Å². The molecule has 2 aromatic rings. The van der Waals surface area contributed by atoms with Gasteiger partial charge in [0, 0.05) is 32.0 Å². The molecule has 1 aliphatic rings. The molecule has 0 atom stereocenters. The zero-order valence-corrected chi connectivity index (χ0v) is 16.8. The van der Waals surface area contributed by atoms with Gasteiger partial charge in [-0.15, -0.1) is 0 Å². The molecule has 2 aromatic carbocycles. The third-order valence-corrected chi connectivity index (χ3v) is 5.13. The molecule has 1 saturated heterocycles. The zero-order chi connectivity index (χ0) is 20.1. The van der Waals surface area contributed by atoms with Crippen molar-refractivity contribution in [2.24, 2.45) is 0 Å². The first-order chi connectivity index (χ1) is 13.5. The molecule has 1 aliphatic heterocycles. The Morgan fingerprint density at radius 1 is 1.14 bits per heavy atom. The Morgan fingerprint density at radius 3 is 2.36 bits per heavy atom.